The zero-order chi connectivity index (χ0) is 15.7. The van der Waals surface area contributed by atoms with Crippen LogP contribution >= 0.6 is 0 Å². The molecule has 0 atom stereocenters. The summed E-state index contributed by atoms with van der Waals surface area (Å²) in [7, 11) is -3.13. The van der Waals surface area contributed by atoms with Crippen LogP contribution in [0.15, 0.2) is 24.5 Å². The van der Waals surface area contributed by atoms with Gasteiger partial charge in [-0.05, 0) is 25.0 Å². The molecule has 7 nitrogen and oxygen atoms in total. The number of aromatic nitrogens is 4. The maximum Gasteiger partial charge on any atom is 0.211 e. The van der Waals surface area contributed by atoms with Gasteiger partial charge in [-0.15, -0.1) is 5.10 Å². The highest BCUT2D eigenvalue weighted by Crippen LogP contribution is 2.27. The third-order valence-electron chi connectivity index (χ3n) is 3.80. The number of nitrogens with zero attached hydrogens (tertiary/aromatic N) is 5. The highest BCUT2D eigenvalue weighted by Gasteiger charge is 2.27. The molecular formula is C13H16FN5O2S. The Kier molecular flexibility index (Phi) is 3.92. The van der Waals surface area contributed by atoms with E-state index in [9.17, 15) is 12.8 Å². The van der Waals surface area contributed by atoms with Crippen LogP contribution in [-0.2, 0) is 10.0 Å². The van der Waals surface area contributed by atoms with Crippen molar-refractivity contribution in [2.75, 3.05) is 19.3 Å². The average Bonchev–Trinajstić information content (AvgIpc) is 2.97. The van der Waals surface area contributed by atoms with Crippen LogP contribution in [0.5, 0.6) is 0 Å². The second-order valence-corrected chi connectivity index (χ2v) is 7.34. The first-order valence-electron chi connectivity index (χ1n) is 6.93. The highest BCUT2D eigenvalue weighted by atomic mass is 32.2. The summed E-state index contributed by atoms with van der Waals surface area (Å²) in [5, 5.41) is 8.15. The maximum atomic E-state index is 12.9. The summed E-state index contributed by atoms with van der Waals surface area (Å²) in [6.45, 7) is 0.982. The Labute approximate surface area is 127 Å². The first-order chi connectivity index (χ1) is 10.4. The average molecular weight is 325 g/mol. The predicted molar refractivity (Wildman–Crippen MR) is 77.5 cm³/mol. The van der Waals surface area contributed by atoms with Crippen LogP contribution in [0.2, 0.25) is 0 Å². The van der Waals surface area contributed by atoms with E-state index in [1.54, 1.807) is 6.20 Å². The van der Waals surface area contributed by atoms with Gasteiger partial charge >= 0.3 is 0 Å². The molecule has 22 heavy (non-hydrogen) atoms. The van der Waals surface area contributed by atoms with Gasteiger partial charge in [-0.1, -0.05) is 5.21 Å². The third-order valence-corrected chi connectivity index (χ3v) is 5.10. The molecule has 0 amide bonds. The van der Waals surface area contributed by atoms with E-state index in [1.807, 2.05) is 0 Å². The lowest BCUT2D eigenvalue weighted by Gasteiger charge is -2.28. The summed E-state index contributed by atoms with van der Waals surface area (Å²) in [4.78, 5) is 3.95. The molecule has 2 aromatic heterocycles. The van der Waals surface area contributed by atoms with Crippen LogP contribution in [0.4, 0.5) is 4.39 Å². The Morgan fingerprint density at radius 1 is 1.27 bits per heavy atom. The lowest BCUT2D eigenvalue weighted by atomic mass is 9.95. The van der Waals surface area contributed by atoms with Crippen LogP contribution < -0.4 is 0 Å². The summed E-state index contributed by atoms with van der Waals surface area (Å²) >= 11 is 0. The van der Waals surface area contributed by atoms with Crippen molar-refractivity contribution in [3.05, 3.63) is 36.0 Å². The number of pyridine rings is 1. The fourth-order valence-electron chi connectivity index (χ4n) is 2.56. The van der Waals surface area contributed by atoms with Gasteiger partial charge in [-0.3, -0.25) is 0 Å². The van der Waals surface area contributed by atoms with Gasteiger partial charge in [-0.2, -0.15) is 0 Å². The van der Waals surface area contributed by atoms with Gasteiger partial charge in [0.15, 0.2) is 5.82 Å². The topological polar surface area (TPSA) is 81.0 Å². The van der Waals surface area contributed by atoms with Crippen LogP contribution in [0.3, 0.4) is 0 Å². The van der Waals surface area contributed by atoms with E-state index in [-0.39, 0.29) is 5.92 Å². The summed E-state index contributed by atoms with van der Waals surface area (Å²) < 4.78 is 38.9. The fraction of sp³-hybridized carbons (Fsp3) is 0.462. The van der Waals surface area contributed by atoms with Gasteiger partial charge in [0.2, 0.25) is 10.0 Å². The quantitative estimate of drug-likeness (QED) is 0.839. The van der Waals surface area contributed by atoms with Crippen LogP contribution in [0.25, 0.3) is 5.82 Å². The van der Waals surface area contributed by atoms with Gasteiger partial charge < -0.3 is 0 Å². The monoisotopic (exact) mass is 325 g/mol. The normalized spacial score (nSPS) is 17.7. The zero-order valence-corrected chi connectivity index (χ0v) is 12.9. The standard InChI is InChI=1S/C13H16FN5O2S/c1-22(20,21)18-6-4-10(5-7-18)12-9-19(17-16-12)13-3-2-11(14)8-15-13/h2-3,8-10H,4-7H2,1H3. The number of hydrogen-bond acceptors (Lipinski definition) is 5. The molecule has 0 aromatic carbocycles. The number of hydrogen-bond donors (Lipinski definition) is 0. The minimum absolute atomic E-state index is 0.173. The van der Waals surface area contributed by atoms with Gasteiger partial charge in [0.25, 0.3) is 0 Å². The zero-order valence-electron chi connectivity index (χ0n) is 12.1. The molecule has 0 radical (unpaired) electrons. The Balaban J connectivity index is 1.71. The summed E-state index contributed by atoms with van der Waals surface area (Å²) in [6.07, 6.45) is 5.54. The Morgan fingerprint density at radius 3 is 2.59 bits per heavy atom. The molecule has 2 aromatic rings. The van der Waals surface area contributed by atoms with Crippen LogP contribution in [-0.4, -0.2) is 52.0 Å². The lowest BCUT2D eigenvalue weighted by molar-refractivity contribution is 0.318. The first kappa shape index (κ1) is 15.0. The molecule has 0 aliphatic carbocycles. The Bertz CT molecular complexity index is 751. The van der Waals surface area contributed by atoms with Gasteiger partial charge in [-0.25, -0.2) is 26.8 Å². The minimum Gasteiger partial charge on any atom is -0.234 e. The summed E-state index contributed by atoms with van der Waals surface area (Å²) in [5.41, 5.74) is 0.805. The Morgan fingerprint density at radius 2 is 2.00 bits per heavy atom. The van der Waals surface area contributed by atoms with Crippen molar-refractivity contribution in [2.24, 2.45) is 0 Å². The van der Waals surface area contributed by atoms with Crippen LogP contribution in [0.1, 0.15) is 24.5 Å². The van der Waals surface area contributed by atoms with Crippen molar-refractivity contribution in [2.45, 2.75) is 18.8 Å². The van der Waals surface area contributed by atoms with Crippen molar-refractivity contribution in [1.29, 1.82) is 0 Å². The molecule has 0 unspecified atom stereocenters. The molecule has 0 N–H and O–H groups in total. The smallest absolute Gasteiger partial charge is 0.211 e. The van der Waals surface area contributed by atoms with Gasteiger partial charge in [0.1, 0.15) is 5.82 Å². The van der Waals surface area contributed by atoms with E-state index in [1.165, 1.54) is 27.4 Å². The molecule has 0 saturated carbocycles. The molecule has 1 fully saturated rings. The largest absolute Gasteiger partial charge is 0.234 e. The molecule has 3 rings (SSSR count). The number of halogens is 1. The molecule has 1 aliphatic heterocycles. The number of piperidine rings is 1. The van der Waals surface area contributed by atoms with E-state index in [0.717, 1.165) is 11.9 Å². The molecule has 1 saturated heterocycles. The van der Waals surface area contributed by atoms with Crippen molar-refractivity contribution in [1.82, 2.24) is 24.3 Å². The van der Waals surface area contributed by atoms with Gasteiger partial charge in [0.05, 0.1) is 24.3 Å². The minimum atomic E-state index is -3.13. The number of sulfonamides is 1. The summed E-state index contributed by atoms with van der Waals surface area (Å²) in [5.74, 6) is 0.262. The summed E-state index contributed by atoms with van der Waals surface area (Å²) in [6, 6.07) is 2.84. The highest BCUT2D eigenvalue weighted by molar-refractivity contribution is 7.88. The number of rotatable bonds is 3. The molecule has 118 valence electrons. The van der Waals surface area contributed by atoms with Gasteiger partial charge in [0, 0.05) is 19.0 Å². The molecule has 3 heterocycles. The third kappa shape index (κ3) is 3.14. The fourth-order valence-corrected chi connectivity index (χ4v) is 3.44. The lowest BCUT2D eigenvalue weighted by Crippen LogP contribution is -2.37. The SMILES string of the molecule is CS(=O)(=O)N1CCC(c2cn(-c3ccc(F)cn3)nn2)CC1. The molecule has 9 heteroatoms. The van der Waals surface area contributed by atoms with Crippen molar-refractivity contribution in [3.63, 3.8) is 0 Å². The molecular weight excluding hydrogens is 309 g/mol. The second-order valence-electron chi connectivity index (χ2n) is 5.36. The molecule has 0 bridgehead atoms. The maximum absolute atomic E-state index is 12.9. The Hall–Kier alpha value is -1.87. The molecule has 0 spiro atoms. The predicted octanol–water partition coefficient (Wildman–Crippen LogP) is 0.940. The van der Waals surface area contributed by atoms with Crippen molar-refractivity contribution in [3.8, 4) is 5.82 Å². The molecule has 1 aliphatic rings. The van der Waals surface area contributed by atoms with E-state index in [2.05, 4.69) is 15.3 Å². The van der Waals surface area contributed by atoms with E-state index in [0.29, 0.717) is 31.7 Å². The first-order valence-corrected chi connectivity index (χ1v) is 8.77. The van der Waals surface area contributed by atoms with E-state index >= 15 is 0 Å². The van der Waals surface area contributed by atoms with Crippen molar-refractivity contribution < 1.29 is 12.8 Å². The van der Waals surface area contributed by atoms with Crippen LogP contribution in [0, 0.1) is 5.82 Å². The second kappa shape index (κ2) is 5.73. The van der Waals surface area contributed by atoms with Crippen molar-refractivity contribution >= 4 is 10.0 Å². The van der Waals surface area contributed by atoms with E-state index in [4.69, 9.17) is 0 Å². The van der Waals surface area contributed by atoms with E-state index < -0.39 is 15.8 Å².